The Kier molecular flexibility index (Phi) is 7.44. The Labute approximate surface area is 219 Å². The molecule has 2 aliphatic heterocycles. The number of piperidine rings is 1. The van der Waals surface area contributed by atoms with Gasteiger partial charge in [-0.2, -0.15) is 0 Å². The van der Waals surface area contributed by atoms with Crippen LogP contribution in [0.1, 0.15) is 60.2 Å². The van der Waals surface area contributed by atoms with Crippen molar-refractivity contribution in [3.8, 4) is 11.3 Å². The summed E-state index contributed by atoms with van der Waals surface area (Å²) in [5, 5.41) is 7.07. The maximum atomic E-state index is 5.13. The quantitative estimate of drug-likeness (QED) is 0.349. The topological polar surface area (TPSA) is 53.1 Å². The number of fused-ring (bicyclic) bond motifs is 1. The van der Waals surface area contributed by atoms with E-state index in [-0.39, 0.29) is 0 Å². The number of pyridine rings is 2. The number of anilines is 2. The smallest absolute Gasteiger partial charge is 0.141 e. The summed E-state index contributed by atoms with van der Waals surface area (Å²) in [7, 11) is 0. The lowest BCUT2D eigenvalue weighted by molar-refractivity contribution is 0.347. The van der Waals surface area contributed by atoms with E-state index < -0.39 is 0 Å². The van der Waals surface area contributed by atoms with Crippen LogP contribution in [0.15, 0.2) is 54.7 Å². The fourth-order valence-corrected chi connectivity index (χ4v) is 5.75. The predicted molar refractivity (Wildman–Crippen MR) is 154 cm³/mol. The van der Waals surface area contributed by atoms with E-state index in [0.29, 0.717) is 5.92 Å². The fraction of sp³-hybridized carbons (Fsp3) is 0.333. The Balaban J connectivity index is 1.48. The monoisotopic (exact) mass is 497 g/mol. The summed E-state index contributed by atoms with van der Waals surface area (Å²) in [6, 6.07) is 15.3. The van der Waals surface area contributed by atoms with Crippen LogP contribution < -0.4 is 10.6 Å². The van der Waals surface area contributed by atoms with E-state index in [1.54, 1.807) is 0 Å². The number of hydrogen-bond donors (Lipinski definition) is 2. The first kappa shape index (κ1) is 24.6. The third-order valence-electron chi connectivity index (χ3n) is 7.09. The number of allylic oxidation sites excluding steroid dienone is 1. The summed E-state index contributed by atoms with van der Waals surface area (Å²) in [6.45, 7) is 8.56. The van der Waals surface area contributed by atoms with Gasteiger partial charge in [0.05, 0.1) is 5.69 Å². The third-order valence-corrected chi connectivity index (χ3v) is 7.97. The van der Waals surface area contributed by atoms with Crippen molar-refractivity contribution in [1.29, 1.82) is 0 Å². The van der Waals surface area contributed by atoms with Gasteiger partial charge in [-0.05, 0) is 92.8 Å². The van der Waals surface area contributed by atoms with E-state index in [0.717, 1.165) is 70.5 Å². The van der Waals surface area contributed by atoms with Crippen molar-refractivity contribution in [2.45, 2.75) is 46.0 Å². The number of rotatable bonds is 6. The molecule has 1 aromatic carbocycles. The number of aromatic nitrogens is 2. The minimum absolute atomic E-state index is 0.641. The average molecular weight is 498 g/mol. The molecule has 2 aromatic heterocycles. The molecule has 0 saturated carbocycles. The molecule has 1 saturated heterocycles. The van der Waals surface area contributed by atoms with E-state index in [4.69, 9.17) is 4.98 Å². The second kappa shape index (κ2) is 10.9. The Bertz CT molecular complexity index is 1290. The molecular weight excluding hydrogens is 462 g/mol. The van der Waals surface area contributed by atoms with E-state index >= 15 is 0 Å². The zero-order chi connectivity index (χ0) is 25.1. The molecular formula is C30H35N5S. The fourth-order valence-electron chi connectivity index (χ4n) is 5.17. The highest BCUT2D eigenvalue weighted by atomic mass is 32.2. The molecule has 0 atom stereocenters. The van der Waals surface area contributed by atoms with Crippen LogP contribution in [0, 0.1) is 13.8 Å². The zero-order valence-corrected chi connectivity index (χ0v) is 22.5. The molecule has 0 radical (unpaired) electrons. The van der Waals surface area contributed by atoms with Crippen LogP contribution in [0.5, 0.6) is 0 Å². The number of benzene rings is 1. The van der Waals surface area contributed by atoms with Crippen molar-refractivity contribution in [3.05, 3.63) is 82.8 Å². The summed E-state index contributed by atoms with van der Waals surface area (Å²) in [5.74, 6) is 1.50. The molecule has 1 fully saturated rings. The van der Waals surface area contributed by atoms with Gasteiger partial charge in [-0.25, -0.2) is 4.98 Å². The van der Waals surface area contributed by atoms with Gasteiger partial charge < -0.3 is 10.6 Å². The van der Waals surface area contributed by atoms with Crippen molar-refractivity contribution in [3.63, 3.8) is 0 Å². The van der Waals surface area contributed by atoms with Crippen LogP contribution in [0.2, 0.25) is 0 Å². The summed E-state index contributed by atoms with van der Waals surface area (Å²) in [4.78, 5) is 9.81. The van der Waals surface area contributed by atoms with Crippen LogP contribution in [0.25, 0.3) is 23.0 Å². The molecule has 36 heavy (non-hydrogen) atoms. The Morgan fingerprint density at radius 3 is 2.56 bits per heavy atom. The van der Waals surface area contributed by atoms with Crippen molar-refractivity contribution in [2.75, 3.05) is 24.7 Å². The molecule has 0 spiro atoms. The molecule has 186 valence electrons. The number of nitrogens with one attached hydrogen (secondary N) is 2. The number of hydrogen-bond acceptors (Lipinski definition) is 6. The lowest BCUT2D eigenvalue weighted by Crippen LogP contribution is -2.27. The van der Waals surface area contributed by atoms with E-state index in [9.17, 15) is 0 Å². The molecule has 5 nitrogen and oxygen atoms in total. The van der Waals surface area contributed by atoms with Crippen molar-refractivity contribution in [2.24, 2.45) is 0 Å². The average Bonchev–Trinajstić information content (AvgIpc) is 2.89. The molecule has 5 rings (SSSR count). The minimum Gasteiger partial charge on any atom is -0.361 e. The molecule has 6 heteroatoms. The van der Waals surface area contributed by atoms with Gasteiger partial charge in [0.1, 0.15) is 5.82 Å². The lowest BCUT2D eigenvalue weighted by atomic mass is 9.90. The zero-order valence-electron chi connectivity index (χ0n) is 21.6. The van der Waals surface area contributed by atoms with Crippen molar-refractivity contribution in [1.82, 2.24) is 19.6 Å². The SMILES string of the molecule is CC/C=C1\NC=Cc2cc(-c3ccc(C)nc3C)nc(Nc3ccc(C4CCN(SC)CC4)cc3)c21. The van der Waals surface area contributed by atoms with Gasteiger partial charge in [0.25, 0.3) is 0 Å². The van der Waals surface area contributed by atoms with Crippen LogP contribution in [0.3, 0.4) is 0 Å². The van der Waals surface area contributed by atoms with Crippen molar-refractivity contribution >= 4 is 35.2 Å². The highest BCUT2D eigenvalue weighted by Crippen LogP contribution is 2.36. The second-order valence-corrected chi connectivity index (χ2v) is 10.4. The van der Waals surface area contributed by atoms with Gasteiger partial charge in [-0.1, -0.05) is 37.1 Å². The molecule has 3 aromatic rings. The minimum atomic E-state index is 0.641. The first-order valence-electron chi connectivity index (χ1n) is 12.8. The standard InChI is InChI=1S/C30H35N5S/c1-5-6-27-29-24(13-16-31-27)19-28(26-12-7-20(2)32-21(26)3)34-30(29)33-25-10-8-22(9-11-25)23-14-17-35(36-4)18-15-23/h6-13,16,19,23,31H,5,14-15,17-18H2,1-4H3,(H,33,34)/b27-6-. The van der Waals surface area contributed by atoms with Gasteiger partial charge in [0, 0.05) is 53.2 Å². The third kappa shape index (κ3) is 5.20. The molecule has 2 N–H and O–H groups in total. The summed E-state index contributed by atoms with van der Waals surface area (Å²) in [5.41, 5.74) is 9.84. The molecule has 0 aliphatic carbocycles. The maximum Gasteiger partial charge on any atom is 0.141 e. The Morgan fingerprint density at radius 1 is 1.08 bits per heavy atom. The lowest BCUT2D eigenvalue weighted by Gasteiger charge is -2.30. The van der Waals surface area contributed by atoms with E-state index in [1.165, 1.54) is 18.4 Å². The highest BCUT2D eigenvalue weighted by Gasteiger charge is 2.21. The molecule has 0 amide bonds. The summed E-state index contributed by atoms with van der Waals surface area (Å²) < 4.78 is 2.46. The Hall–Kier alpha value is -3.09. The van der Waals surface area contributed by atoms with E-state index in [2.05, 4.69) is 94.6 Å². The summed E-state index contributed by atoms with van der Waals surface area (Å²) in [6.07, 6.45) is 11.9. The molecule has 4 heterocycles. The van der Waals surface area contributed by atoms with Crippen molar-refractivity contribution < 1.29 is 0 Å². The van der Waals surface area contributed by atoms with Crippen LogP contribution in [-0.2, 0) is 0 Å². The first-order valence-corrected chi connectivity index (χ1v) is 14.0. The van der Waals surface area contributed by atoms with Gasteiger partial charge in [0.15, 0.2) is 0 Å². The Morgan fingerprint density at radius 2 is 1.86 bits per heavy atom. The summed E-state index contributed by atoms with van der Waals surface area (Å²) >= 11 is 1.86. The number of nitrogens with zero attached hydrogens (tertiary/aromatic N) is 3. The maximum absolute atomic E-state index is 5.13. The molecule has 0 unspecified atom stereocenters. The first-order chi connectivity index (χ1) is 17.6. The molecule has 0 bridgehead atoms. The van der Waals surface area contributed by atoms with Gasteiger partial charge in [0.2, 0.25) is 0 Å². The highest BCUT2D eigenvalue weighted by molar-refractivity contribution is 7.96. The molecule has 2 aliphatic rings. The van der Waals surface area contributed by atoms with Crippen LogP contribution >= 0.6 is 11.9 Å². The van der Waals surface area contributed by atoms with Gasteiger partial charge in [-0.15, -0.1) is 0 Å². The largest absolute Gasteiger partial charge is 0.361 e. The second-order valence-electron chi connectivity index (χ2n) is 9.54. The van der Waals surface area contributed by atoms with Crippen LogP contribution in [-0.4, -0.2) is 33.6 Å². The number of aryl methyl sites for hydroxylation is 2. The predicted octanol–water partition coefficient (Wildman–Crippen LogP) is 7.29. The normalized spacial score (nSPS) is 17.2. The van der Waals surface area contributed by atoms with Crippen LogP contribution in [0.4, 0.5) is 11.5 Å². The van der Waals surface area contributed by atoms with Gasteiger partial charge >= 0.3 is 0 Å². The van der Waals surface area contributed by atoms with E-state index in [1.807, 2.05) is 25.1 Å². The van der Waals surface area contributed by atoms with Gasteiger partial charge in [-0.3, -0.25) is 9.29 Å².